The van der Waals surface area contributed by atoms with E-state index in [9.17, 15) is 4.79 Å². The van der Waals surface area contributed by atoms with Crippen molar-refractivity contribution < 1.29 is 14.3 Å². The first-order valence-corrected chi connectivity index (χ1v) is 8.49. The second-order valence-corrected chi connectivity index (χ2v) is 5.96. The third-order valence-corrected chi connectivity index (χ3v) is 4.14. The predicted octanol–water partition coefficient (Wildman–Crippen LogP) is 4.75. The number of aromatic nitrogens is 1. The van der Waals surface area contributed by atoms with E-state index in [4.69, 9.17) is 21.1 Å². The van der Waals surface area contributed by atoms with Gasteiger partial charge in [0.1, 0.15) is 17.3 Å². The van der Waals surface area contributed by atoms with E-state index in [1.165, 1.54) is 0 Å². The molecule has 0 atom stereocenters. The fourth-order valence-electron chi connectivity index (χ4n) is 2.43. The van der Waals surface area contributed by atoms with Crippen LogP contribution < -0.4 is 20.1 Å². The van der Waals surface area contributed by atoms with Crippen molar-refractivity contribution in [3.8, 4) is 11.5 Å². The van der Waals surface area contributed by atoms with Gasteiger partial charge in [-0.05, 0) is 36.4 Å². The first kappa shape index (κ1) is 18.5. The van der Waals surface area contributed by atoms with E-state index in [1.807, 2.05) is 12.1 Å². The molecule has 0 saturated heterocycles. The van der Waals surface area contributed by atoms with Crippen molar-refractivity contribution >= 4 is 34.7 Å². The minimum Gasteiger partial charge on any atom is -0.497 e. The lowest BCUT2D eigenvalue weighted by Crippen LogP contribution is -2.13. The molecule has 0 aliphatic rings. The van der Waals surface area contributed by atoms with Gasteiger partial charge in [0.05, 0.1) is 42.4 Å². The van der Waals surface area contributed by atoms with E-state index in [0.717, 1.165) is 11.4 Å². The molecule has 138 valence electrons. The number of methoxy groups -OCH3 is 2. The number of nitrogens with zero attached hydrogens (tertiary/aromatic N) is 1. The average molecular weight is 384 g/mol. The van der Waals surface area contributed by atoms with Crippen LogP contribution in [0.1, 0.15) is 10.4 Å². The maximum absolute atomic E-state index is 12.3. The Morgan fingerprint density at radius 3 is 2.52 bits per heavy atom. The van der Waals surface area contributed by atoms with Crippen molar-refractivity contribution in [1.29, 1.82) is 0 Å². The average Bonchev–Trinajstić information content (AvgIpc) is 2.70. The second kappa shape index (κ2) is 8.42. The molecule has 2 N–H and O–H groups in total. The fraction of sp³-hybridized carbons (Fsp3) is 0.100. The summed E-state index contributed by atoms with van der Waals surface area (Å²) in [4.78, 5) is 16.5. The van der Waals surface area contributed by atoms with Crippen molar-refractivity contribution in [2.24, 2.45) is 0 Å². The van der Waals surface area contributed by atoms with Gasteiger partial charge in [0.2, 0.25) is 0 Å². The van der Waals surface area contributed by atoms with Crippen LogP contribution in [0, 0.1) is 0 Å². The van der Waals surface area contributed by atoms with Gasteiger partial charge in [-0.3, -0.25) is 4.79 Å². The van der Waals surface area contributed by atoms with Crippen LogP contribution in [-0.4, -0.2) is 25.1 Å². The summed E-state index contributed by atoms with van der Waals surface area (Å²) in [5.41, 5.74) is 1.91. The zero-order chi connectivity index (χ0) is 19.2. The largest absolute Gasteiger partial charge is 0.497 e. The minimum atomic E-state index is -0.314. The van der Waals surface area contributed by atoms with Gasteiger partial charge in [0.25, 0.3) is 5.91 Å². The van der Waals surface area contributed by atoms with Gasteiger partial charge in [-0.25, -0.2) is 4.98 Å². The molecule has 3 aromatic rings. The van der Waals surface area contributed by atoms with E-state index in [2.05, 4.69) is 15.6 Å². The topological polar surface area (TPSA) is 72.5 Å². The summed E-state index contributed by atoms with van der Waals surface area (Å²) in [6.07, 6.45) is 1.62. The minimum absolute atomic E-state index is 0.314. The summed E-state index contributed by atoms with van der Waals surface area (Å²) in [5, 5.41) is 6.33. The predicted molar refractivity (Wildman–Crippen MR) is 106 cm³/mol. The van der Waals surface area contributed by atoms with Gasteiger partial charge in [-0.2, -0.15) is 0 Å². The summed E-state index contributed by atoms with van der Waals surface area (Å²) >= 11 is 6.04. The Labute approximate surface area is 162 Å². The van der Waals surface area contributed by atoms with Crippen LogP contribution in [0.25, 0.3) is 0 Å². The normalized spacial score (nSPS) is 10.2. The SMILES string of the molecule is COc1ccc(Nc2ccc(NC(=O)c3ccccc3Cl)nc2)c(OC)c1. The summed E-state index contributed by atoms with van der Waals surface area (Å²) < 4.78 is 10.6. The van der Waals surface area contributed by atoms with E-state index in [-0.39, 0.29) is 5.91 Å². The number of rotatable bonds is 6. The monoisotopic (exact) mass is 383 g/mol. The highest BCUT2D eigenvalue weighted by Gasteiger charge is 2.11. The van der Waals surface area contributed by atoms with Crippen LogP contribution in [0.3, 0.4) is 0 Å². The number of nitrogens with one attached hydrogen (secondary N) is 2. The van der Waals surface area contributed by atoms with Crippen molar-refractivity contribution in [2.75, 3.05) is 24.9 Å². The number of amides is 1. The van der Waals surface area contributed by atoms with Crippen molar-refractivity contribution in [2.45, 2.75) is 0 Å². The third-order valence-electron chi connectivity index (χ3n) is 3.81. The van der Waals surface area contributed by atoms with Crippen LogP contribution in [0.15, 0.2) is 60.8 Å². The second-order valence-electron chi connectivity index (χ2n) is 5.56. The number of anilines is 3. The molecule has 1 heterocycles. The number of ether oxygens (including phenoxy) is 2. The van der Waals surface area contributed by atoms with Gasteiger partial charge in [0, 0.05) is 6.07 Å². The van der Waals surface area contributed by atoms with Gasteiger partial charge in [-0.1, -0.05) is 23.7 Å². The molecule has 0 fully saturated rings. The molecular weight excluding hydrogens is 366 g/mol. The van der Waals surface area contributed by atoms with Crippen LogP contribution in [0.2, 0.25) is 5.02 Å². The quantitative estimate of drug-likeness (QED) is 0.642. The molecule has 0 unspecified atom stereocenters. The summed E-state index contributed by atoms with van der Waals surface area (Å²) in [6.45, 7) is 0. The first-order chi connectivity index (χ1) is 13.1. The molecule has 2 aromatic carbocycles. The first-order valence-electron chi connectivity index (χ1n) is 8.11. The Balaban J connectivity index is 1.71. The number of carbonyl (C=O) groups is 1. The van der Waals surface area contributed by atoms with Gasteiger partial charge in [-0.15, -0.1) is 0 Å². The Morgan fingerprint density at radius 2 is 1.85 bits per heavy atom. The summed E-state index contributed by atoms with van der Waals surface area (Å²) in [5.74, 6) is 1.46. The maximum Gasteiger partial charge on any atom is 0.258 e. The Hall–Kier alpha value is -3.25. The van der Waals surface area contributed by atoms with E-state index in [1.54, 1.807) is 62.9 Å². The molecule has 0 spiro atoms. The third kappa shape index (κ3) is 4.48. The molecule has 0 radical (unpaired) electrons. The molecular formula is C20H18ClN3O3. The number of hydrogen-bond donors (Lipinski definition) is 2. The summed E-state index contributed by atoms with van der Waals surface area (Å²) in [6, 6.07) is 15.8. The molecule has 27 heavy (non-hydrogen) atoms. The van der Waals surface area contributed by atoms with Crippen molar-refractivity contribution in [3.05, 3.63) is 71.4 Å². The Kier molecular flexibility index (Phi) is 5.78. The van der Waals surface area contributed by atoms with E-state index < -0.39 is 0 Å². The zero-order valence-corrected chi connectivity index (χ0v) is 15.6. The number of hydrogen-bond acceptors (Lipinski definition) is 5. The lowest BCUT2D eigenvalue weighted by atomic mass is 10.2. The number of pyridine rings is 1. The molecule has 7 heteroatoms. The fourth-order valence-corrected chi connectivity index (χ4v) is 2.65. The Bertz CT molecular complexity index is 945. The molecule has 0 aliphatic carbocycles. The van der Waals surface area contributed by atoms with Crippen molar-refractivity contribution in [3.63, 3.8) is 0 Å². The lowest BCUT2D eigenvalue weighted by Gasteiger charge is -2.13. The number of carbonyl (C=O) groups excluding carboxylic acids is 1. The number of halogens is 1. The molecule has 0 bridgehead atoms. The molecule has 6 nitrogen and oxygen atoms in total. The van der Waals surface area contributed by atoms with E-state index in [0.29, 0.717) is 27.9 Å². The van der Waals surface area contributed by atoms with Gasteiger partial charge < -0.3 is 20.1 Å². The molecule has 3 rings (SSSR count). The molecule has 1 amide bonds. The van der Waals surface area contributed by atoms with Gasteiger partial charge >= 0.3 is 0 Å². The van der Waals surface area contributed by atoms with Gasteiger partial charge in [0.15, 0.2) is 0 Å². The van der Waals surface area contributed by atoms with Crippen molar-refractivity contribution in [1.82, 2.24) is 4.98 Å². The van der Waals surface area contributed by atoms with E-state index >= 15 is 0 Å². The number of benzene rings is 2. The molecule has 0 aliphatic heterocycles. The molecule has 1 aromatic heterocycles. The standard InChI is InChI=1S/C20H18ClN3O3/c1-26-14-8-9-17(18(11-14)27-2)23-13-7-10-19(22-12-13)24-20(25)15-5-3-4-6-16(15)21/h3-12,23H,1-2H3,(H,22,24,25). The summed E-state index contributed by atoms with van der Waals surface area (Å²) in [7, 11) is 3.19. The molecule has 0 saturated carbocycles. The lowest BCUT2D eigenvalue weighted by molar-refractivity contribution is 0.102. The van der Waals surface area contributed by atoms with Crippen LogP contribution in [0.5, 0.6) is 11.5 Å². The van der Waals surface area contributed by atoms with Crippen LogP contribution in [0.4, 0.5) is 17.2 Å². The smallest absolute Gasteiger partial charge is 0.258 e. The maximum atomic E-state index is 12.3. The van der Waals surface area contributed by atoms with Crippen LogP contribution in [-0.2, 0) is 0 Å². The highest BCUT2D eigenvalue weighted by molar-refractivity contribution is 6.34. The zero-order valence-electron chi connectivity index (χ0n) is 14.8. The Morgan fingerprint density at radius 1 is 1.04 bits per heavy atom. The highest BCUT2D eigenvalue weighted by atomic mass is 35.5. The van der Waals surface area contributed by atoms with Crippen LogP contribution >= 0.6 is 11.6 Å². The highest BCUT2D eigenvalue weighted by Crippen LogP contribution is 2.31.